The van der Waals surface area contributed by atoms with Crippen LogP contribution in [0.4, 0.5) is 0 Å². The molecule has 2 nitrogen and oxygen atoms in total. The summed E-state index contributed by atoms with van der Waals surface area (Å²) in [7, 11) is 0. The second-order valence-corrected chi connectivity index (χ2v) is 9.42. The molecule has 0 aromatic rings. The van der Waals surface area contributed by atoms with Crippen molar-refractivity contribution in [3.8, 4) is 11.3 Å². The van der Waals surface area contributed by atoms with E-state index in [2.05, 4.69) is 31.2 Å². The highest BCUT2D eigenvalue weighted by Gasteiger charge is 2.63. The Morgan fingerprint density at radius 1 is 1.12 bits per heavy atom. The lowest BCUT2D eigenvalue weighted by molar-refractivity contribution is -0.0970. The van der Waals surface area contributed by atoms with Gasteiger partial charge >= 0.3 is 0 Å². The quantitative estimate of drug-likeness (QED) is 0.507. The zero-order chi connectivity index (χ0) is 17.2. The van der Waals surface area contributed by atoms with Gasteiger partial charge in [-0.15, -0.1) is 0 Å². The first-order valence-corrected chi connectivity index (χ1v) is 9.95. The van der Waals surface area contributed by atoms with Crippen molar-refractivity contribution in [2.45, 2.75) is 76.9 Å². The van der Waals surface area contributed by atoms with Gasteiger partial charge in [0.2, 0.25) is 0 Å². The molecule has 4 rings (SSSR count). The first-order valence-electron chi connectivity index (χ1n) is 9.57. The van der Waals surface area contributed by atoms with Crippen LogP contribution in [0.25, 0.3) is 0 Å². The van der Waals surface area contributed by atoms with Gasteiger partial charge in [-0.25, -0.2) is 0 Å². The summed E-state index contributed by atoms with van der Waals surface area (Å²) in [6, 6.07) is 0. The summed E-state index contributed by atoms with van der Waals surface area (Å²) >= 11 is 5.67. The molecule has 0 aliphatic heterocycles. The molecule has 3 saturated carbocycles. The van der Waals surface area contributed by atoms with Gasteiger partial charge < -0.3 is 10.2 Å². The van der Waals surface area contributed by atoms with E-state index in [9.17, 15) is 10.2 Å². The van der Waals surface area contributed by atoms with Crippen LogP contribution in [0.1, 0.15) is 65.2 Å². The van der Waals surface area contributed by atoms with Crippen molar-refractivity contribution in [2.75, 3.05) is 0 Å². The maximum Gasteiger partial charge on any atom is 0.132 e. The average molecular weight is 349 g/mol. The Kier molecular flexibility index (Phi) is 3.89. The number of allylic oxidation sites excluding steroid dienone is 1. The molecule has 3 heteroatoms. The summed E-state index contributed by atoms with van der Waals surface area (Å²) in [6.45, 7) is 4.68. The molecule has 0 amide bonds. The smallest absolute Gasteiger partial charge is 0.132 e. The molecular weight excluding hydrogens is 320 g/mol. The Hall–Kier alpha value is -0.490. The van der Waals surface area contributed by atoms with Gasteiger partial charge in [0.1, 0.15) is 5.60 Å². The summed E-state index contributed by atoms with van der Waals surface area (Å²) in [5.74, 6) is 4.81. The summed E-state index contributed by atoms with van der Waals surface area (Å²) in [4.78, 5) is 0. The van der Waals surface area contributed by atoms with Gasteiger partial charge in [0.05, 0.1) is 6.10 Å². The zero-order valence-electron chi connectivity index (χ0n) is 14.8. The van der Waals surface area contributed by atoms with Gasteiger partial charge in [-0.1, -0.05) is 31.4 Å². The Labute approximate surface area is 150 Å². The number of aliphatic hydroxyl groups is 2. The van der Waals surface area contributed by atoms with Crippen molar-refractivity contribution in [1.29, 1.82) is 0 Å². The van der Waals surface area contributed by atoms with E-state index in [-0.39, 0.29) is 16.9 Å². The molecule has 132 valence electrons. The maximum atomic E-state index is 11.2. The average Bonchev–Trinajstić information content (AvgIpc) is 2.80. The molecule has 0 heterocycles. The fourth-order valence-corrected chi connectivity index (χ4v) is 7.10. The summed E-state index contributed by atoms with van der Waals surface area (Å²) in [6.07, 6.45) is 10.3. The molecule has 0 bridgehead atoms. The molecule has 2 N–H and O–H groups in total. The lowest BCUT2D eigenvalue weighted by Crippen LogP contribution is -2.54. The molecule has 0 spiro atoms. The number of hydrogen-bond donors (Lipinski definition) is 2. The Morgan fingerprint density at radius 2 is 1.88 bits per heavy atom. The van der Waals surface area contributed by atoms with E-state index < -0.39 is 5.60 Å². The van der Waals surface area contributed by atoms with E-state index >= 15 is 0 Å². The van der Waals surface area contributed by atoms with Gasteiger partial charge in [-0.2, -0.15) is 0 Å². The predicted molar refractivity (Wildman–Crippen MR) is 96.3 cm³/mol. The topological polar surface area (TPSA) is 40.5 Å². The Bertz CT molecular complexity index is 631. The molecule has 4 aliphatic rings. The third-order valence-electron chi connectivity index (χ3n) is 8.48. The fraction of sp³-hybridized carbons (Fsp3) is 0.810. The van der Waals surface area contributed by atoms with Crippen molar-refractivity contribution in [2.24, 2.45) is 28.6 Å². The summed E-state index contributed by atoms with van der Waals surface area (Å²) in [5.41, 5.74) is 0.701. The monoisotopic (exact) mass is 348 g/mol. The third-order valence-corrected chi connectivity index (χ3v) is 8.58. The van der Waals surface area contributed by atoms with E-state index in [0.717, 1.165) is 51.4 Å². The Balaban J connectivity index is 1.69. The first-order chi connectivity index (χ1) is 11.3. The van der Waals surface area contributed by atoms with Gasteiger partial charge in [0.15, 0.2) is 0 Å². The van der Waals surface area contributed by atoms with Crippen LogP contribution in [0, 0.1) is 39.9 Å². The summed E-state index contributed by atoms with van der Waals surface area (Å²) in [5, 5.41) is 23.7. The molecular formula is C21H29ClO2. The molecule has 24 heavy (non-hydrogen) atoms. The normalized spacial score (nSPS) is 53.1. The largest absolute Gasteiger partial charge is 0.393 e. The second kappa shape index (κ2) is 5.50. The van der Waals surface area contributed by atoms with Crippen LogP contribution >= 0.6 is 11.6 Å². The minimum Gasteiger partial charge on any atom is -0.393 e. The predicted octanol–water partition coefficient (Wildman–Crippen LogP) is 4.24. The molecule has 0 radical (unpaired) electrons. The van der Waals surface area contributed by atoms with Gasteiger partial charge in [-0.3, -0.25) is 0 Å². The highest BCUT2D eigenvalue weighted by molar-refractivity contribution is 6.30. The van der Waals surface area contributed by atoms with E-state index in [4.69, 9.17) is 11.6 Å². The van der Waals surface area contributed by atoms with Crippen LogP contribution in [0.5, 0.6) is 0 Å². The van der Waals surface area contributed by atoms with E-state index in [1.165, 1.54) is 5.57 Å². The van der Waals surface area contributed by atoms with Crippen molar-refractivity contribution in [3.63, 3.8) is 0 Å². The highest BCUT2D eigenvalue weighted by atomic mass is 35.5. The van der Waals surface area contributed by atoms with Gasteiger partial charge in [-0.05, 0) is 86.1 Å². The van der Waals surface area contributed by atoms with Crippen molar-refractivity contribution < 1.29 is 10.2 Å². The maximum absolute atomic E-state index is 11.2. The van der Waals surface area contributed by atoms with Crippen LogP contribution in [-0.2, 0) is 0 Å². The number of fused-ring (bicyclic) bond motifs is 5. The number of aliphatic hydroxyl groups excluding tert-OH is 1. The van der Waals surface area contributed by atoms with E-state index in [1.54, 1.807) is 0 Å². The minimum absolute atomic E-state index is 0.133. The lowest BCUT2D eigenvalue weighted by atomic mass is 9.47. The van der Waals surface area contributed by atoms with Gasteiger partial charge in [0, 0.05) is 10.8 Å². The van der Waals surface area contributed by atoms with Crippen molar-refractivity contribution >= 4 is 11.6 Å². The zero-order valence-corrected chi connectivity index (χ0v) is 15.6. The van der Waals surface area contributed by atoms with Gasteiger partial charge in [0.25, 0.3) is 0 Å². The molecule has 0 aromatic heterocycles. The van der Waals surface area contributed by atoms with Crippen LogP contribution < -0.4 is 0 Å². The fourth-order valence-electron chi connectivity index (χ4n) is 6.94. The van der Waals surface area contributed by atoms with Crippen LogP contribution in [0.3, 0.4) is 0 Å². The molecule has 0 aromatic carbocycles. The third kappa shape index (κ3) is 2.11. The minimum atomic E-state index is -0.919. The van der Waals surface area contributed by atoms with Crippen LogP contribution in [0.2, 0.25) is 0 Å². The lowest BCUT2D eigenvalue weighted by Gasteiger charge is -2.58. The molecule has 4 aliphatic carbocycles. The van der Waals surface area contributed by atoms with E-state index in [1.807, 2.05) is 0 Å². The molecule has 7 atom stereocenters. The van der Waals surface area contributed by atoms with Crippen molar-refractivity contribution in [3.05, 3.63) is 11.6 Å². The van der Waals surface area contributed by atoms with Crippen molar-refractivity contribution in [1.82, 2.24) is 0 Å². The standard InChI is InChI=1S/C21H29ClO2/c1-19-8-5-15(23)13-14(19)3-4-16-17(19)6-9-20(2)18(16)7-10-21(20,24)11-12-22/h3,15-18,23-24H,4-10,13H2,1-2H3/t15-,16+,17-,18-,19+,20-,21-/m1/s1. The summed E-state index contributed by atoms with van der Waals surface area (Å²) < 4.78 is 0. The number of hydrogen-bond acceptors (Lipinski definition) is 2. The molecule has 0 unspecified atom stereocenters. The first kappa shape index (κ1) is 17.0. The second-order valence-electron chi connectivity index (χ2n) is 9.23. The SMILES string of the molecule is C[C@]12CC[C@@H](O)CC1=CC[C@H]1[C@H]2CC[C@]2(C)[C@@H]1CC[C@@]2(O)C#CCl. The Morgan fingerprint density at radius 3 is 2.62 bits per heavy atom. The van der Waals surface area contributed by atoms with E-state index in [0.29, 0.717) is 17.8 Å². The van der Waals surface area contributed by atoms with Crippen LogP contribution in [0.15, 0.2) is 11.6 Å². The molecule has 0 saturated heterocycles. The number of rotatable bonds is 0. The molecule has 3 fully saturated rings. The highest BCUT2D eigenvalue weighted by Crippen LogP contribution is 2.67. The van der Waals surface area contributed by atoms with Crippen LogP contribution in [-0.4, -0.2) is 21.9 Å². The number of halogens is 1.